The smallest absolute Gasteiger partial charge is 0.378 e. The molecule has 232 valence electrons. The third-order valence-electron chi connectivity index (χ3n) is 8.10. The van der Waals surface area contributed by atoms with E-state index < -0.39 is 17.4 Å². The molecule has 1 aromatic carbocycles. The molecular weight excluding hydrogens is 559 g/mol. The number of nitrogens with one attached hydrogen (secondary N) is 1. The van der Waals surface area contributed by atoms with Gasteiger partial charge in [-0.1, -0.05) is 25.0 Å². The summed E-state index contributed by atoms with van der Waals surface area (Å²) in [5, 5.41) is 11.1. The largest absolute Gasteiger partial charge is 0.418 e. The highest BCUT2D eigenvalue weighted by atomic mass is 19.4. The minimum absolute atomic E-state index is 0.169. The number of alkyl halides is 3. The zero-order chi connectivity index (χ0) is 30.4. The van der Waals surface area contributed by atoms with Gasteiger partial charge < -0.3 is 14.6 Å². The van der Waals surface area contributed by atoms with Crippen LogP contribution in [0.15, 0.2) is 53.8 Å². The van der Waals surface area contributed by atoms with Crippen molar-refractivity contribution in [2.45, 2.75) is 63.8 Å². The highest BCUT2D eigenvalue weighted by Gasteiger charge is 2.35. The van der Waals surface area contributed by atoms with Crippen LogP contribution in [0.3, 0.4) is 0 Å². The summed E-state index contributed by atoms with van der Waals surface area (Å²) < 4.78 is 53.0. The third-order valence-corrected chi connectivity index (χ3v) is 8.10. The van der Waals surface area contributed by atoms with Crippen LogP contribution in [0.4, 0.5) is 13.2 Å². The number of nitrogens with zero attached hydrogens (tertiary/aromatic N) is 6. The second kappa shape index (κ2) is 13.9. The number of benzene rings is 1. The Morgan fingerprint density at radius 1 is 1.05 bits per heavy atom. The van der Waals surface area contributed by atoms with Gasteiger partial charge in [0.25, 0.3) is 0 Å². The molecule has 43 heavy (non-hydrogen) atoms. The topological polar surface area (TPSA) is 81.6 Å². The fourth-order valence-corrected chi connectivity index (χ4v) is 5.71. The van der Waals surface area contributed by atoms with Gasteiger partial charge in [-0.25, -0.2) is 4.79 Å². The van der Waals surface area contributed by atoms with Crippen molar-refractivity contribution in [2.75, 3.05) is 33.3 Å². The summed E-state index contributed by atoms with van der Waals surface area (Å²) in [5.74, 6) is 0.738. The lowest BCUT2D eigenvalue weighted by atomic mass is 10.1. The number of hydrogen-bond donors (Lipinski definition) is 1. The quantitative estimate of drug-likeness (QED) is 0.227. The Labute approximate surface area is 249 Å². The van der Waals surface area contributed by atoms with Gasteiger partial charge >= 0.3 is 11.9 Å². The number of imidazole rings is 1. The summed E-state index contributed by atoms with van der Waals surface area (Å²) in [4.78, 5) is 15.6. The van der Waals surface area contributed by atoms with Crippen molar-refractivity contribution in [1.29, 1.82) is 0 Å². The minimum Gasteiger partial charge on any atom is -0.378 e. The standard InChI is InChI=1S/C31H40F3N7O2/c1-35-12-5-3-4-6-15-43-26-10-13-39(14-11-26)19-24-17-27(31(32,33)34)28-21-40(30(42)41(28)20-24)25-9-7-8-23(16-25)18-29-37-36-22-38(29)2/h7-9,16-17,20-22,26,35H,3-6,10-15,18-19H2,1-2H3. The molecule has 0 saturated carbocycles. The van der Waals surface area contributed by atoms with Gasteiger partial charge in [0.05, 0.1) is 22.9 Å². The van der Waals surface area contributed by atoms with E-state index in [1.165, 1.54) is 29.7 Å². The summed E-state index contributed by atoms with van der Waals surface area (Å²) >= 11 is 0. The Morgan fingerprint density at radius 3 is 2.56 bits per heavy atom. The fourth-order valence-electron chi connectivity index (χ4n) is 5.71. The van der Waals surface area contributed by atoms with E-state index in [4.69, 9.17) is 4.74 Å². The van der Waals surface area contributed by atoms with Gasteiger partial charge in [0, 0.05) is 52.1 Å². The molecular formula is C31H40F3N7O2. The fraction of sp³-hybridized carbons (Fsp3) is 0.516. The number of piperidine rings is 1. The van der Waals surface area contributed by atoms with Crippen molar-refractivity contribution in [3.05, 3.63) is 82.1 Å². The Balaban J connectivity index is 1.28. The number of ether oxygens (including phenoxy) is 1. The average Bonchev–Trinajstić information content (AvgIpc) is 3.54. The monoisotopic (exact) mass is 599 g/mol. The molecule has 0 radical (unpaired) electrons. The molecule has 0 spiro atoms. The van der Waals surface area contributed by atoms with E-state index in [0.717, 1.165) is 67.7 Å². The Kier molecular flexibility index (Phi) is 9.99. The number of unbranched alkanes of at least 4 members (excludes halogenated alkanes) is 3. The number of aromatic nitrogens is 5. The molecule has 9 nitrogen and oxygen atoms in total. The second-order valence-corrected chi connectivity index (χ2v) is 11.4. The normalized spacial score (nSPS) is 15.1. The van der Waals surface area contributed by atoms with E-state index in [1.807, 2.05) is 20.2 Å². The molecule has 1 fully saturated rings. The molecule has 0 atom stereocenters. The Morgan fingerprint density at radius 2 is 1.84 bits per heavy atom. The number of rotatable bonds is 13. The molecule has 1 N–H and O–H groups in total. The zero-order valence-electron chi connectivity index (χ0n) is 24.8. The lowest BCUT2D eigenvalue weighted by Gasteiger charge is -2.32. The third kappa shape index (κ3) is 7.73. The van der Waals surface area contributed by atoms with Gasteiger partial charge in [-0.2, -0.15) is 13.2 Å². The molecule has 5 rings (SSSR count). The van der Waals surface area contributed by atoms with Crippen molar-refractivity contribution in [2.24, 2.45) is 7.05 Å². The first kappa shape index (κ1) is 31.0. The van der Waals surface area contributed by atoms with Crippen molar-refractivity contribution in [3.8, 4) is 5.69 Å². The predicted molar refractivity (Wildman–Crippen MR) is 158 cm³/mol. The highest BCUT2D eigenvalue weighted by molar-refractivity contribution is 5.58. The van der Waals surface area contributed by atoms with Crippen LogP contribution in [0.2, 0.25) is 0 Å². The van der Waals surface area contributed by atoms with Gasteiger partial charge in [0.2, 0.25) is 0 Å². The summed E-state index contributed by atoms with van der Waals surface area (Å²) in [5.41, 5.74) is 0.280. The first-order valence-corrected chi connectivity index (χ1v) is 15.0. The van der Waals surface area contributed by atoms with E-state index in [1.54, 1.807) is 35.3 Å². The molecule has 4 heterocycles. The first-order chi connectivity index (χ1) is 20.7. The summed E-state index contributed by atoms with van der Waals surface area (Å²) in [6.45, 7) is 3.60. The number of likely N-dealkylation sites (tertiary alicyclic amines) is 1. The van der Waals surface area contributed by atoms with E-state index >= 15 is 0 Å². The minimum atomic E-state index is -4.61. The molecule has 4 aromatic rings. The van der Waals surface area contributed by atoms with E-state index in [9.17, 15) is 18.0 Å². The molecule has 3 aromatic heterocycles. The second-order valence-electron chi connectivity index (χ2n) is 11.4. The number of aryl methyl sites for hydroxylation is 1. The summed E-state index contributed by atoms with van der Waals surface area (Å²) in [7, 11) is 3.80. The summed E-state index contributed by atoms with van der Waals surface area (Å²) in [6.07, 6.45) is 6.72. The van der Waals surface area contributed by atoms with E-state index in [-0.39, 0.29) is 11.6 Å². The van der Waals surface area contributed by atoms with Crippen LogP contribution in [-0.4, -0.2) is 68.0 Å². The molecule has 12 heteroatoms. The molecule has 1 aliphatic heterocycles. The molecule has 0 bridgehead atoms. The number of halogens is 3. The zero-order valence-corrected chi connectivity index (χ0v) is 24.8. The van der Waals surface area contributed by atoms with Gasteiger partial charge in [0.15, 0.2) is 0 Å². The van der Waals surface area contributed by atoms with Crippen molar-refractivity contribution in [1.82, 2.24) is 33.9 Å². The highest BCUT2D eigenvalue weighted by Crippen LogP contribution is 2.34. The van der Waals surface area contributed by atoms with Crippen LogP contribution in [0.1, 0.15) is 61.0 Å². The van der Waals surface area contributed by atoms with Crippen LogP contribution >= 0.6 is 0 Å². The maximum Gasteiger partial charge on any atom is 0.418 e. The van der Waals surface area contributed by atoms with Gasteiger partial charge in [-0.05, 0) is 68.6 Å². The maximum atomic E-state index is 14.2. The van der Waals surface area contributed by atoms with Gasteiger partial charge in [0.1, 0.15) is 12.2 Å². The number of fused-ring (bicyclic) bond motifs is 1. The van der Waals surface area contributed by atoms with Crippen molar-refractivity contribution < 1.29 is 17.9 Å². The number of pyridine rings is 1. The number of hydrogen-bond acceptors (Lipinski definition) is 6. The van der Waals surface area contributed by atoms with Crippen molar-refractivity contribution in [3.63, 3.8) is 0 Å². The Bertz CT molecular complexity index is 1550. The molecule has 0 amide bonds. The first-order valence-electron chi connectivity index (χ1n) is 15.0. The van der Waals surface area contributed by atoms with E-state index in [2.05, 4.69) is 20.4 Å². The predicted octanol–water partition coefficient (Wildman–Crippen LogP) is 4.59. The van der Waals surface area contributed by atoms with E-state index in [0.29, 0.717) is 24.2 Å². The lowest BCUT2D eigenvalue weighted by molar-refractivity contribution is -0.136. The molecule has 1 aliphatic rings. The van der Waals surface area contributed by atoms with Gasteiger partial charge in [-0.15, -0.1) is 10.2 Å². The molecule has 0 aliphatic carbocycles. The average molecular weight is 600 g/mol. The van der Waals surface area contributed by atoms with Crippen LogP contribution in [-0.2, 0) is 30.9 Å². The lowest BCUT2D eigenvalue weighted by Crippen LogP contribution is -2.36. The Hall–Kier alpha value is -3.48. The van der Waals surface area contributed by atoms with Gasteiger partial charge in [-0.3, -0.25) is 13.9 Å². The molecule has 0 unspecified atom stereocenters. The van der Waals surface area contributed by atoms with Crippen LogP contribution in [0.5, 0.6) is 0 Å². The van der Waals surface area contributed by atoms with Crippen molar-refractivity contribution >= 4 is 5.52 Å². The summed E-state index contributed by atoms with van der Waals surface area (Å²) in [6, 6.07) is 8.36. The van der Waals surface area contributed by atoms with Crippen LogP contribution < -0.4 is 11.0 Å². The van der Waals surface area contributed by atoms with Crippen LogP contribution in [0.25, 0.3) is 11.2 Å². The SMILES string of the molecule is CNCCCCCCOC1CCN(Cc2cc(C(F)(F)F)c3cn(-c4cccc(Cc5nncn5C)c4)c(=O)n3c2)CC1. The van der Waals surface area contributed by atoms with Crippen LogP contribution in [0, 0.1) is 0 Å². The molecule has 1 saturated heterocycles. The maximum absolute atomic E-state index is 14.2.